The first kappa shape index (κ1) is 10.6. The zero-order valence-corrected chi connectivity index (χ0v) is 10.4. The third-order valence-corrected chi connectivity index (χ3v) is 3.61. The van der Waals surface area contributed by atoms with E-state index in [9.17, 15) is 0 Å². The Bertz CT molecular complexity index is 732. The van der Waals surface area contributed by atoms with Gasteiger partial charge in [0.15, 0.2) is 6.23 Å². The normalized spacial score (nSPS) is 18.0. The average Bonchev–Trinajstić information content (AvgIpc) is 2.91. The Morgan fingerprint density at radius 1 is 1.00 bits per heavy atom. The number of anilines is 1. The van der Waals surface area contributed by atoms with E-state index in [-0.39, 0.29) is 6.23 Å². The van der Waals surface area contributed by atoms with Crippen LogP contribution in [0.15, 0.2) is 54.7 Å². The summed E-state index contributed by atoms with van der Waals surface area (Å²) < 4.78 is 5.93. The molecule has 1 unspecified atom stereocenters. The van der Waals surface area contributed by atoms with Crippen LogP contribution in [0.2, 0.25) is 0 Å². The van der Waals surface area contributed by atoms with Crippen LogP contribution in [0.3, 0.4) is 0 Å². The molecule has 2 aromatic carbocycles. The minimum Gasteiger partial charge on any atom is -0.361 e. The van der Waals surface area contributed by atoms with Crippen molar-refractivity contribution in [3.05, 3.63) is 65.9 Å². The Morgan fingerprint density at radius 3 is 2.84 bits per heavy atom. The van der Waals surface area contributed by atoms with Crippen molar-refractivity contribution in [1.82, 2.24) is 4.98 Å². The van der Waals surface area contributed by atoms with Crippen molar-refractivity contribution in [2.75, 3.05) is 5.32 Å². The van der Waals surface area contributed by atoms with E-state index < -0.39 is 0 Å². The standard InChI is InChI=1S/C16H14N2O/c1-3-7-14-11(5-1)10-19-16(18-14)13-9-17-15-8-4-2-6-12(13)15/h1-9,16-18H,10H2. The molecule has 1 atom stereocenters. The van der Waals surface area contributed by atoms with Crippen LogP contribution in [-0.4, -0.2) is 4.98 Å². The van der Waals surface area contributed by atoms with Crippen molar-refractivity contribution < 1.29 is 4.74 Å². The van der Waals surface area contributed by atoms with Gasteiger partial charge in [0, 0.05) is 33.9 Å². The molecule has 1 aliphatic heterocycles. The van der Waals surface area contributed by atoms with E-state index in [0.29, 0.717) is 6.61 Å². The molecule has 0 bridgehead atoms. The van der Waals surface area contributed by atoms with Crippen molar-refractivity contribution >= 4 is 16.6 Å². The lowest BCUT2D eigenvalue weighted by Crippen LogP contribution is -2.20. The molecule has 0 radical (unpaired) electrons. The Morgan fingerprint density at radius 2 is 1.84 bits per heavy atom. The lowest BCUT2D eigenvalue weighted by Gasteiger charge is -2.27. The smallest absolute Gasteiger partial charge is 0.156 e. The number of benzene rings is 2. The largest absolute Gasteiger partial charge is 0.361 e. The highest BCUT2D eigenvalue weighted by atomic mass is 16.5. The Kier molecular flexibility index (Phi) is 2.32. The molecule has 1 aromatic heterocycles. The SMILES string of the molecule is c1ccc2c(c1)COC(c1c[nH]c3ccccc13)N2. The molecule has 0 saturated carbocycles. The molecule has 94 valence electrons. The van der Waals surface area contributed by atoms with Gasteiger partial charge in [-0.25, -0.2) is 0 Å². The molecule has 0 spiro atoms. The fourth-order valence-corrected chi connectivity index (χ4v) is 2.62. The number of aromatic amines is 1. The van der Waals surface area contributed by atoms with Gasteiger partial charge in [-0.05, 0) is 12.1 Å². The zero-order valence-electron chi connectivity index (χ0n) is 10.4. The minimum absolute atomic E-state index is 0.0916. The molecule has 19 heavy (non-hydrogen) atoms. The number of aromatic nitrogens is 1. The van der Waals surface area contributed by atoms with Crippen molar-refractivity contribution in [1.29, 1.82) is 0 Å². The van der Waals surface area contributed by atoms with Crippen LogP contribution in [0.1, 0.15) is 17.4 Å². The van der Waals surface area contributed by atoms with Gasteiger partial charge in [0.2, 0.25) is 0 Å². The van der Waals surface area contributed by atoms with Gasteiger partial charge in [0.1, 0.15) is 0 Å². The van der Waals surface area contributed by atoms with E-state index in [2.05, 4.69) is 40.6 Å². The molecule has 0 saturated heterocycles. The molecular formula is C16H14N2O. The maximum atomic E-state index is 5.93. The Hall–Kier alpha value is -2.26. The topological polar surface area (TPSA) is 37.0 Å². The van der Waals surface area contributed by atoms with Crippen LogP contribution in [0.5, 0.6) is 0 Å². The lowest BCUT2D eigenvalue weighted by atomic mass is 10.1. The van der Waals surface area contributed by atoms with Crippen molar-refractivity contribution in [3.8, 4) is 0 Å². The van der Waals surface area contributed by atoms with Crippen molar-refractivity contribution in [3.63, 3.8) is 0 Å². The number of hydrogen-bond acceptors (Lipinski definition) is 2. The molecule has 1 aliphatic rings. The highest BCUT2D eigenvalue weighted by Gasteiger charge is 2.21. The summed E-state index contributed by atoms with van der Waals surface area (Å²) in [5, 5.41) is 4.66. The van der Waals surface area contributed by atoms with Gasteiger partial charge in [-0.1, -0.05) is 36.4 Å². The number of H-pyrrole nitrogens is 1. The molecule has 3 nitrogen and oxygen atoms in total. The molecule has 0 amide bonds. The monoisotopic (exact) mass is 250 g/mol. The van der Waals surface area contributed by atoms with E-state index >= 15 is 0 Å². The highest BCUT2D eigenvalue weighted by molar-refractivity contribution is 5.83. The molecule has 0 fully saturated rings. The fourth-order valence-electron chi connectivity index (χ4n) is 2.62. The number of hydrogen-bond donors (Lipinski definition) is 2. The second-order valence-electron chi connectivity index (χ2n) is 4.78. The first-order valence-corrected chi connectivity index (χ1v) is 6.44. The number of nitrogens with one attached hydrogen (secondary N) is 2. The molecular weight excluding hydrogens is 236 g/mol. The van der Waals surface area contributed by atoms with Gasteiger partial charge in [0.25, 0.3) is 0 Å². The van der Waals surface area contributed by atoms with E-state index in [1.54, 1.807) is 0 Å². The third-order valence-electron chi connectivity index (χ3n) is 3.61. The lowest BCUT2D eigenvalue weighted by molar-refractivity contribution is 0.0516. The quantitative estimate of drug-likeness (QED) is 0.689. The fraction of sp³-hybridized carbons (Fsp3) is 0.125. The first-order chi connectivity index (χ1) is 9.42. The molecule has 3 heteroatoms. The summed E-state index contributed by atoms with van der Waals surface area (Å²) in [7, 11) is 0. The van der Waals surface area contributed by atoms with Gasteiger partial charge in [-0.3, -0.25) is 0 Å². The van der Waals surface area contributed by atoms with Crippen molar-refractivity contribution in [2.24, 2.45) is 0 Å². The summed E-state index contributed by atoms with van der Waals surface area (Å²) in [6.45, 7) is 0.646. The molecule has 2 heterocycles. The van der Waals surface area contributed by atoms with E-state index in [4.69, 9.17) is 4.74 Å². The summed E-state index contributed by atoms with van der Waals surface area (Å²) in [5.41, 5.74) is 4.66. The van der Waals surface area contributed by atoms with Crippen LogP contribution in [0.4, 0.5) is 5.69 Å². The maximum absolute atomic E-state index is 5.93. The summed E-state index contributed by atoms with van der Waals surface area (Å²) in [6.07, 6.45) is 1.93. The van der Waals surface area contributed by atoms with Crippen LogP contribution in [0, 0.1) is 0 Å². The second kappa shape index (κ2) is 4.14. The predicted octanol–water partition coefficient (Wildman–Crippen LogP) is 3.81. The van der Waals surface area contributed by atoms with Gasteiger partial charge >= 0.3 is 0 Å². The first-order valence-electron chi connectivity index (χ1n) is 6.44. The van der Waals surface area contributed by atoms with Gasteiger partial charge < -0.3 is 15.0 Å². The minimum atomic E-state index is -0.0916. The molecule has 4 rings (SSSR count). The van der Waals surface area contributed by atoms with Crippen LogP contribution < -0.4 is 5.32 Å². The molecule has 3 aromatic rings. The van der Waals surface area contributed by atoms with E-state index in [1.165, 1.54) is 10.9 Å². The highest BCUT2D eigenvalue weighted by Crippen LogP contribution is 2.33. The molecule has 2 N–H and O–H groups in total. The summed E-state index contributed by atoms with van der Waals surface area (Å²) in [5.74, 6) is 0. The van der Waals surface area contributed by atoms with Gasteiger partial charge in [0.05, 0.1) is 6.61 Å². The Balaban J connectivity index is 1.75. The average molecular weight is 250 g/mol. The van der Waals surface area contributed by atoms with Crippen LogP contribution in [0.25, 0.3) is 10.9 Å². The number of rotatable bonds is 1. The number of para-hydroxylation sites is 2. The van der Waals surface area contributed by atoms with Crippen LogP contribution >= 0.6 is 0 Å². The second-order valence-corrected chi connectivity index (χ2v) is 4.78. The summed E-state index contributed by atoms with van der Waals surface area (Å²) >= 11 is 0. The predicted molar refractivity (Wildman–Crippen MR) is 75.9 cm³/mol. The van der Waals surface area contributed by atoms with Crippen molar-refractivity contribution in [2.45, 2.75) is 12.8 Å². The number of ether oxygens (including phenoxy) is 1. The molecule has 0 aliphatic carbocycles. The summed E-state index contributed by atoms with van der Waals surface area (Å²) in [6, 6.07) is 16.6. The zero-order chi connectivity index (χ0) is 12.7. The maximum Gasteiger partial charge on any atom is 0.156 e. The summed E-state index contributed by atoms with van der Waals surface area (Å²) in [4.78, 5) is 3.29. The Labute approximate surface area is 111 Å². The van der Waals surface area contributed by atoms with Crippen LogP contribution in [-0.2, 0) is 11.3 Å². The van der Waals surface area contributed by atoms with Gasteiger partial charge in [-0.2, -0.15) is 0 Å². The van der Waals surface area contributed by atoms with Gasteiger partial charge in [-0.15, -0.1) is 0 Å². The number of fused-ring (bicyclic) bond motifs is 2. The third kappa shape index (κ3) is 1.71. The van der Waals surface area contributed by atoms with E-state index in [0.717, 1.165) is 16.8 Å². The van der Waals surface area contributed by atoms with E-state index in [1.807, 2.05) is 24.4 Å².